The van der Waals surface area contributed by atoms with Crippen LogP contribution in [0.4, 0.5) is 18.9 Å². The van der Waals surface area contributed by atoms with E-state index >= 15 is 0 Å². The van der Waals surface area contributed by atoms with Crippen molar-refractivity contribution in [2.45, 2.75) is 31.4 Å². The lowest BCUT2D eigenvalue weighted by Gasteiger charge is -2.33. The third-order valence-corrected chi connectivity index (χ3v) is 5.58. The minimum atomic E-state index is -4.55. The summed E-state index contributed by atoms with van der Waals surface area (Å²) in [5, 5.41) is 5.15. The number of alkyl halides is 3. The normalized spacial score (nSPS) is 21.4. The topological polar surface area (TPSA) is 75.3 Å². The molecule has 2 amide bonds. The summed E-state index contributed by atoms with van der Waals surface area (Å²) in [6.07, 6.45) is -4.17. The van der Waals surface area contributed by atoms with E-state index in [9.17, 15) is 27.6 Å². The second-order valence-electron chi connectivity index (χ2n) is 7.70. The second-order valence-corrected chi connectivity index (χ2v) is 7.70. The van der Waals surface area contributed by atoms with Crippen LogP contribution in [0, 0.1) is 5.92 Å². The number of rotatable bonds is 3. The largest absolute Gasteiger partial charge is 0.416 e. The average molecular weight is 428 g/mol. The summed E-state index contributed by atoms with van der Waals surface area (Å²) in [7, 11) is 0. The number of anilines is 1. The number of carbonyl (C=O) groups excluding carboxylic acids is 3. The number of carbonyl (C=O) groups is 3. The van der Waals surface area contributed by atoms with Gasteiger partial charge in [0, 0.05) is 29.8 Å². The zero-order chi connectivity index (χ0) is 22.2. The molecular formula is C23H19F3N2O3. The molecule has 1 aliphatic carbocycles. The zero-order valence-electron chi connectivity index (χ0n) is 16.3. The zero-order valence-corrected chi connectivity index (χ0v) is 16.3. The number of ketones is 1. The van der Waals surface area contributed by atoms with Gasteiger partial charge in [0.25, 0.3) is 0 Å². The molecule has 0 saturated heterocycles. The van der Waals surface area contributed by atoms with E-state index in [-0.39, 0.29) is 35.8 Å². The maximum absolute atomic E-state index is 12.9. The Balaban J connectivity index is 1.59. The summed E-state index contributed by atoms with van der Waals surface area (Å²) in [5.41, 5.74) is 0.693. The predicted molar refractivity (Wildman–Crippen MR) is 107 cm³/mol. The van der Waals surface area contributed by atoms with Crippen molar-refractivity contribution in [3.63, 3.8) is 0 Å². The fourth-order valence-corrected chi connectivity index (χ4v) is 4.15. The van der Waals surface area contributed by atoms with Crippen LogP contribution >= 0.6 is 0 Å². The highest BCUT2D eigenvalue weighted by Crippen LogP contribution is 2.39. The van der Waals surface area contributed by atoms with Crippen molar-refractivity contribution >= 4 is 23.3 Å². The number of allylic oxidation sites excluding steroid dienone is 1. The lowest BCUT2D eigenvalue weighted by Crippen LogP contribution is -2.43. The molecule has 0 fully saturated rings. The lowest BCUT2D eigenvalue weighted by molar-refractivity contribution is -0.137. The number of amides is 2. The van der Waals surface area contributed by atoms with Gasteiger partial charge in [-0.1, -0.05) is 36.4 Å². The summed E-state index contributed by atoms with van der Waals surface area (Å²) >= 11 is 0. The van der Waals surface area contributed by atoms with Crippen LogP contribution in [0.2, 0.25) is 0 Å². The molecule has 1 aliphatic heterocycles. The molecule has 2 aliphatic rings. The number of nitrogens with one attached hydrogen (secondary N) is 2. The Hall–Kier alpha value is -3.42. The van der Waals surface area contributed by atoms with E-state index in [0.717, 1.165) is 17.7 Å². The molecule has 160 valence electrons. The van der Waals surface area contributed by atoms with Crippen LogP contribution in [0.1, 0.15) is 36.3 Å². The molecule has 0 spiro atoms. The molecule has 31 heavy (non-hydrogen) atoms. The molecule has 0 radical (unpaired) electrons. The van der Waals surface area contributed by atoms with Crippen LogP contribution in [0.3, 0.4) is 0 Å². The number of hydrogen-bond donors (Lipinski definition) is 2. The second kappa shape index (κ2) is 8.02. The van der Waals surface area contributed by atoms with Crippen LogP contribution in [0.5, 0.6) is 0 Å². The van der Waals surface area contributed by atoms with E-state index in [4.69, 9.17) is 0 Å². The molecule has 2 N–H and O–H groups in total. The van der Waals surface area contributed by atoms with Gasteiger partial charge in [-0.05, 0) is 36.1 Å². The number of Topliss-reactive ketones (excluding diaryl/α,β-unsaturated/α-hetero) is 1. The van der Waals surface area contributed by atoms with E-state index in [1.165, 1.54) is 12.1 Å². The molecule has 4 rings (SSSR count). The Kier molecular flexibility index (Phi) is 5.39. The van der Waals surface area contributed by atoms with Crippen LogP contribution in [0.25, 0.3) is 0 Å². The lowest BCUT2D eigenvalue weighted by atomic mass is 9.75. The quantitative estimate of drug-likeness (QED) is 0.770. The van der Waals surface area contributed by atoms with Crippen molar-refractivity contribution < 1.29 is 27.6 Å². The first-order chi connectivity index (χ1) is 14.7. The molecule has 0 bridgehead atoms. The van der Waals surface area contributed by atoms with Crippen molar-refractivity contribution in [3.05, 3.63) is 77.0 Å². The molecule has 2 atom stereocenters. The van der Waals surface area contributed by atoms with E-state index in [0.29, 0.717) is 12.1 Å². The molecule has 2 aromatic carbocycles. The SMILES string of the molecule is O=C1C[C@@H](C(=O)Nc2cccc(C(F)(F)F)c2)C2=C(C[C@@H](c3ccccc3)CC2=O)N1. The minimum absolute atomic E-state index is 0.0432. The van der Waals surface area contributed by atoms with Gasteiger partial charge in [-0.3, -0.25) is 14.4 Å². The van der Waals surface area contributed by atoms with Gasteiger partial charge in [-0.2, -0.15) is 13.2 Å². The van der Waals surface area contributed by atoms with Crippen LogP contribution < -0.4 is 10.6 Å². The third kappa shape index (κ3) is 4.38. The number of hydrogen-bond acceptors (Lipinski definition) is 3. The standard InChI is InChI=1S/C23H19F3N2O3/c24-23(25,26)15-7-4-8-16(11-15)27-22(31)17-12-20(30)28-18-9-14(10-19(29)21(17)18)13-5-2-1-3-6-13/h1-8,11,14,17H,9-10,12H2,(H,27,31)(H,28,30)/t14-,17-/m1/s1. The fraction of sp³-hybridized carbons (Fsp3) is 0.261. The van der Waals surface area contributed by atoms with E-state index in [1.807, 2.05) is 30.3 Å². The first-order valence-corrected chi connectivity index (χ1v) is 9.81. The summed E-state index contributed by atoms with van der Waals surface area (Å²) in [5.74, 6) is -2.46. The van der Waals surface area contributed by atoms with Crippen molar-refractivity contribution in [1.29, 1.82) is 0 Å². The molecule has 0 saturated carbocycles. The highest BCUT2D eigenvalue weighted by molar-refractivity contribution is 6.09. The third-order valence-electron chi connectivity index (χ3n) is 5.58. The van der Waals surface area contributed by atoms with Gasteiger partial charge in [0.2, 0.25) is 11.8 Å². The van der Waals surface area contributed by atoms with Gasteiger partial charge in [0.15, 0.2) is 5.78 Å². The van der Waals surface area contributed by atoms with Crippen molar-refractivity contribution in [2.24, 2.45) is 5.92 Å². The molecule has 8 heteroatoms. The van der Waals surface area contributed by atoms with Crippen LogP contribution in [-0.2, 0) is 20.6 Å². The Labute approximate surface area is 176 Å². The maximum Gasteiger partial charge on any atom is 0.416 e. The summed E-state index contributed by atoms with van der Waals surface area (Å²) in [6.45, 7) is 0. The molecule has 1 heterocycles. The number of halogens is 3. The Bertz CT molecular complexity index is 1080. The highest BCUT2D eigenvalue weighted by Gasteiger charge is 2.40. The van der Waals surface area contributed by atoms with Crippen molar-refractivity contribution in [3.8, 4) is 0 Å². The maximum atomic E-state index is 12.9. The monoisotopic (exact) mass is 428 g/mol. The Morgan fingerprint density at radius 3 is 2.42 bits per heavy atom. The molecular weight excluding hydrogens is 409 g/mol. The van der Waals surface area contributed by atoms with Gasteiger partial charge in [0.05, 0.1) is 11.5 Å². The first-order valence-electron chi connectivity index (χ1n) is 9.81. The van der Waals surface area contributed by atoms with Crippen molar-refractivity contribution in [2.75, 3.05) is 5.32 Å². The van der Waals surface area contributed by atoms with Crippen molar-refractivity contribution in [1.82, 2.24) is 5.32 Å². The van der Waals surface area contributed by atoms with Gasteiger partial charge in [0.1, 0.15) is 0 Å². The van der Waals surface area contributed by atoms with Gasteiger partial charge in [-0.15, -0.1) is 0 Å². The number of benzene rings is 2. The van der Waals surface area contributed by atoms with E-state index < -0.39 is 29.5 Å². The van der Waals surface area contributed by atoms with E-state index in [2.05, 4.69) is 10.6 Å². The molecule has 0 unspecified atom stereocenters. The summed E-state index contributed by atoms with van der Waals surface area (Å²) in [6, 6.07) is 13.7. The Morgan fingerprint density at radius 2 is 1.71 bits per heavy atom. The Morgan fingerprint density at radius 1 is 0.968 bits per heavy atom. The highest BCUT2D eigenvalue weighted by atomic mass is 19.4. The molecule has 5 nitrogen and oxygen atoms in total. The molecule has 0 aromatic heterocycles. The fourth-order valence-electron chi connectivity index (χ4n) is 4.15. The summed E-state index contributed by atoms with van der Waals surface area (Å²) < 4.78 is 38.8. The van der Waals surface area contributed by atoms with Gasteiger partial charge < -0.3 is 10.6 Å². The minimum Gasteiger partial charge on any atom is -0.329 e. The summed E-state index contributed by atoms with van der Waals surface area (Å²) in [4.78, 5) is 38.0. The molecule has 2 aromatic rings. The predicted octanol–water partition coefficient (Wildman–Crippen LogP) is 4.18. The average Bonchev–Trinajstić information content (AvgIpc) is 2.73. The first kappa shape index (κ1) is 20.8. The van der Waals surface area contributed by atoms with Gasteiger partial charge >= 0.3 is 6.18 Å². The van der Waals surface area contributed by atoms with E-state index in [1.54, 1.807) is 0 Å². The van der Waals surface area contributed by atoms with Crippen LogP contribution in [-0.4, -0.2) is 17.6 Å². The van der Waals surface area contributed by atoms with Crippen LogP contribution in [0.15, 0.2) is 65.9 Å². The smallest absolute Gasteiger partial charge is 0.329 e. The van der Waals surface area contributed by atoms with Gasteiger partial charge in [-0.25, -0.2) is 0 Å².